The summed E-state index contributed by atoms with van der Waals surface area (Å²) in [5.41, 5.74) is 6.62. The lowest BCUT2D eigenvalue weighted by Crippen LogP contribution is -2.28. The van der Waals surface area contributed by atoms with Gasteiger partial charge in [-0.25, -0.2) is 0 Å². The van der Waals surface area contributed by atoms with Crippen LogP contribution >= 0.6 is 136 Å². The van der Waals surface area contributed by atoms with Gasteiger partial charge < -0.3 is 10.2 Å². The third-order valence-corrected chi connectivity index (χ3v) is 16.2. The number of aromatic hydroxyl groups is 2. The fraction of sp³-hybridized carbons (Fsp3) is 0.682. The van der Waals surface area contributed by atoms with E-state index >= 15 is 0 Å². The summed E-state index contributed by atoms with van der Waals surface area (Å²) in [5.74, 6) is 0.707. The lowest BCUT2D eigenvalue weighted by molar-refractivity contribution is 0.324. The largest absolute Gasteiger partial charge is 0.507 e. The van der Waals surface area contributed by atoms with Crippen LogP contribution < -0.4 is 0 Å². The number of hydrogen-bond donors (Lipinski definition) is 2. The molecule has 0 radical (unpaired) electrons. The molecule has 0 heterocycles. The summed E-state index contributed by atoms with van der Waals surface area (Å²) >= 11 is 15.2. The Bertz CT molecular complexity index is 1330. The van der Waals surface area contributed by atoms with Gasteiger partial charge >= 0.3 is 0 Å². The van der Waals surface area contributed by atoms with E-state index in [-0.39, 0.29) is 22.9 Å². The lowest BCUT2D eigenvalue weighted by atomic mass is 9.69. The van der Waals surface area contributed by atoms with E-state index in [1.165, 1.54) is 128 Å². The summed E-state index contributed by atoms with van der Waals surface area (Å²) in [6.07, 6.45) is 25.2. The molecule has 3 rings (SSSR count). The van der Waals surface area contributed by atoms with Crippen LogP contribution in [0.1, 0.15) is 149 Å². The van der Waals surface area contributed by atoms with Crippen LogP contribution in [0.3, 0.4) is 0 Å². The average molecular weight is 1410 g/mol. The number of aliphatic imine (C=N–C) groups is 2. The Labute approximate surface area is 410 Å². The van der Waals surface area contributed by atoms with Gasteiger partial charge in [-0.05, 0) is 176 Å². The molecule has 0 unspecified atom stereocenters. The number of unbranched alkanes of at least 4 members (excludes halogenated alkanes) is 2. The van der Waals surface area contributed by atoms with E-state index in [9.17, 15) is 10.2 Å². The van der Waals surface area contributed by atoms with Crippen molar-refractivity contribution in [3.63, 3.8) is 0 Å². The van der Waals surface area contributed by atoms with Gasteiger partial charge in [-0.2, -0.15) is 0 Å². The second-order valence-corrected chi connectivity index (χ2v) is 21.9. The average Bonchev–Trinajstić information content (AvgIpc) is 3.18. The predicted octanol–water partition coefficient (Wildman–Crippen LogP) is 15.1. The first kappa shape index (κ1) is 50.1. The highest BCUT2D eigenvalue weighted by atomic mass is 127. The minimum Gasteiger partial charge on any atom is -0.507 e. The molecule has 54 heavy (non-hydrogen) atoms. The van der Waals surface area contributed by atoms with Crippen molar-refractivity contribution in [3.05, 3.63) is 57.6 Å². The van der Waals surface area contributed by atoms with Gasteiger partial charge in [0.05, 0.1) is 12.1 Å². The Morgan fingerprint density at radius 1 is 0.519 bits per heavy atom. The third kappa shape index (κ3) is 15.3. The number of halogens is 6. The van der Waals surface area contributed by atoms with E-state index < -0.39 is 0 Å². The van der Waals surface area contributed by atoms with E-state index in [1.54, 1.807) is 0 Å². The molecule has 2 atom stereocenters. The van der Waals surface area contributed by atoms with E-state index in [2.05, 4.69) is 174 Å². The van der Waals surface area contributed by atoms with Crippen molar-refractivity contribution in [3.8, 4) is 11.5 Å². The van der Waals surface area contributed by atoms with Gasteiger partial charge in [-0.15, -0.1) is 0 Å². The number of rotatable bonds is 26. The highest BCUT2D eigenvalue weighted by molar-refractivity contribution is 14.1. The molecule has 0 spiro atoms. The van der Waals surface area contributed by atoms with Crippen LogP contribution in [-0.2, 0) is 10.8 Å². The standard InChI is InChI=1S/C44H64I6N2O2/c1-33-27-37(43(17-9-23-47,18-10-24-48)15-5-7-21-45)29-35(41(33)53)31-51-39-13-3-4-14-40(39)52-32-36-30-38(28-34(2)42(36)54)44(19-11-25-49,20-12-26-50)16-6-8-22-46/h27-32,39-40,53-54H,3-26H2,1-2H3/b51-31+,52-32+/t39-,40-/m0/s1. The topological polar surface area (TPSA) is 65.2 Å². The normalized spacial score (nSPS) is 17.0. The number of aryl methyl sites for hydroxylation is 2. The molecule has 2 aromatic carbocycles. The van der Waals surface area contributed by atoms with Crippen molar-refractivity contribution in [1.82, 2.24) is 0 Å². The van der Waals surface area contributed by atoms with Gasteiger partial charge in [-0.3, -0.25) is 9.98 Å². The van der Waals surface area contributed by atoms with Crippen LogP contribution in [0.25, 0.3) is 0 Å². The van der Waals surface area contributed by atoms with E-state index in [0.29, 0.717) is 11.5 Å². The number of nitrogens with zero attached hydrogens (tertiary/aromatic N) is 2. The van der Waals surface area contributed by atoms with Gasteiger partial charge in [0, 0.05) is 23.6 Å². The number of hydrogen-bond acceptors (Lipinski definition) is 4. The SMILES string of the molecule is Cc1cc(C(CCCI)(CCCI)CCCCI)cc(/C=N/[C@H]2CCCC[C@@H]2/N=C/c2cc(C(CCCI)(CCCI)CCCCI)cc(C)c2O)c1O. The summed E-state index contributed by atoms with van der Waals surface area (Å²) in [5, 5.41) is 22.7. The molecule has 1 fully saturated rings. The molecule has 10 heteroatoms. The molecule has 0 amide bonds. The van der Waals surface area contributed by atoms with Crippen molar-refractivity contribution in [2.24, 2.45) is 9.98 Å². The molecule has 1 saturated carbocycles. The van der Waals surface area contributed by atoms with Crippen LogP contribution in [0.5, 0.6) is 11.5 Å². The van der Waals surface area contributed by atoms with E-state index in [0.717, 1.165) is 47.9 Å². The first-order valence-corrected chi connectivity index (χ1v) is 29.4. The maximum Gasteiger partial charge on any atom is 0.127 e. The van der Waals surface area contributed by atoms with E-state index in [1.807, 2.05) is 12.4 Å². The summed E-state index contributed by atoms with van der Waals surface area (Å²) in [7, 11) is 0. The van der Waals surface area contributed by atoms with Gasteiger partial charge in [0.25, 0.3) is 0 Å². The zero-order valence-corrected chi connectivity index (χ0v) is 45.6. The number of phenolic OH excluding ortho intramolecular Hbond substituents is 2. The molecule has 4 nitrogen and oxygen atoms in total. The predicted molar refractivity (Wildman–Crippen MR) is 288 cm³/mol. The molecule has 1 aliphatic rings. The van der Waals surface area contributed by atoms with Crippen molar-refractivity contribution < 1.29 is 10.2 Å². The maximum absolute atomic E-state index is 11.4. The number of phenols is 2. The Balaban J connectivity index is 1.99. The zero-order chi connectivity index (χ0) is 39.4. The van der Waals surface area contributed by atoms with Gasteiger partial charge in [0.1, 0.15) is 11.5 Å². The molecular formula is C44H64I6N2O2. The van der Waals surface area contributed by atoms with E-state index in [4.69, 9.17) is 9.98 Å². The highest BCUT2D eigenvalue weighted by Gasteiger charge is 2.33. The minimum absolute atomic E-state index is 0.0518. The first-order chi connectivity index (χ1) is 26.1. The molecule has 0 aromatic heterocycles. The Morgan fingerprint density at radius 3 is 1.15 bits per heavy atom. The monoisotopic (exact) mass is 1410 g/mol. The second kappa shape index (κ2) is 27.6. The number of alkyl halides is 6. The Hall–Kier alpha value is 1.76. The fourth-order valence-electron chi connectivity index (χ4n) is 8.57. The summed E-state index contributed by atoms with van der Waals surface area (Å²) < 4.78 is 7.08. The van der Waals surface area contributed by atoms with Crippen molar-refractivity contribution in [2.45, 2.75) is 152 Å². The van der Waals surface area contributed by atoms with Crippen molar-refractivity contribution in [2.75, 3.05) is 26.6 Å². The molecule has 2 aromatic rings. The Morgan fingerprint density at radius 2 is 0.833 bits per heavy atom. The van der Waals surface area contributed by atoms with Crippen molar-refractivity contribution >= 4 is 148 Å². The third-order valence-electron chi connectivity index (χ3n) is 11.6. The summed E-state index contributed by atoms with van der Waals surface area (Å²) in [6, 6.07) is 9.19. The van der Waals surface area contributed by atoms with Crippen LogP contribution in [0.15, 0.2) is 34.3 Å². The molecular weight excluding hydrogens is 1350 g/mol. The highest BCUT2D eigenvalue weighted by Crippen LogP contribution is 2.44. The summed E-state index contributed by atoms with van der Waals surface area (Å²) in [4.78, 5) is 10.4. The van der Waals surface area contributed by atoms with Gasteiger partial charge in [-0.1, -0.05) is 173 Å². The lowest BCUT2D eigenvalue weighted by Gasteiger charge is -2.36. The maximum atomic E-state index is 11.4. The molecule has 0 aliphatic heterocycles. The smallest absolute Gasteiger partial charge is 0.127 e. The van der Waals surface area contributed by atoms with Crippen LogP contribution in [0.4, 0.5) is 0 Å². The zero-order valence-electron chi connectivity index (χ0n) is 32.6. The van der Waals surface area contributed by atoms with Crippen LogP contribution in [0.2, 0.25) is 0 Å². The molecule has 0 saturated heterocycles. The quantitative estimate of drug-likeness (QED) is 0.0427. The Kier molecular flexibility index (Phi) is 25.6. The molecule has 1 aliphatic carbocycles. The van der Waals surface area contributed by atoms with Gasteiger partial charge in [0.2, 0.25) is 0 Å². The second-order valence-electron chi connectivity index (χ2n) is 15.5. The first-order valence-electron chi connectivity index (χ1n) is 20.2. The number of benzene rings is 2. The van der Waals surface area contributed by atoms with Gasteiger partial charge in [0.15, 0.2) is 0 Å². The molecule has 304 valence electrons. The molecule has 0 bridgehead atoms. The summed E-state index contributed by atoms with van der Waals surface area (Å²) in [6.45, 7) is 4.11. The molecule has 2 N–H and O–H groups in total. The minimum atomic E-state index is 0.0518. The van der Waals surface area contributed by atoms with Crippen LogP contribution in [0, 0.1) is 13.8 Å². The van der Waals surface area contributed by atoms with Crippen LogP contribution in [-0.4, -0.2) is 61.3 Å². The van der Waals surface area contributed by atoms with Crippen molar-refractivity contribution in [1.29, 1.82) is 0 Å². The fourth-order valence-corrected chi connectivity index (χ4v) is 11.2.